The van der Waals surface area contributed by atoms with Crippen molar-refractivity contribution in [1.82, 2.24) is 5.32 Å². The summed E-state index contributed by atoms with van der Waals surface area (Å²) in [5.41, 5.74) is 6.26. The summed E-state index contributed by atoms with van der Waals surface area (Å²) in [6.07, 6.45) is 0.135. The van der Waals surface area contributed by atoms with E-state index in [1.807, 2.05) is 24.3 Å². The molecule has 5 N–H and O–H groups in total. The summed E-state index contributed by atoms with van der Waals surface area (Å²) < 4.78 is 0. The molecule has 0 spiro atoms. The average Bonchev–Trinajstić information content (AvgIpc) is 2.97. The van der Waals surface area contributed by atoms with Gasteiger partial charge >= 0.3 is 0 Å². The Kier molecular flexibility index (Phi) is 4.64. The van der Waals surface area contributed by atoms with Gasteiger partial charge in [-0.2, -0.15) is 0 Å². The zero-order chi connectivity index (χ0) is 19.1. The number of rotatable bonds is 5. The molecule has 2 unspecified atom stereocenters. The van der Waals surface area contributed by atoms with Crippen LogP contribution in [0.3, 0.4) is 0 Å². The molecule has 0 bridgehead atoms. The van der Waals surface area contributed by atoms with E-state index in [0.717, 1.165) is 17.2 Å². The Labute approximate surface area is 155 Å². The molecule has 0 saturated heterocycles. The zero-order valence-corrected chi connectivity index (χ0v) is 14.9. The van der Waals surface area contributed by atoms with E-state index in [-0.39, 0.29) is 28.5 Å². The minimum atomic E-state index is -1.15. The highest BCUT2D eigenvalue weighted by atomic mass is 35.5. The van der Waals surface area contributed by atoms with Crippen LogP contribution in [0, 0.1) is 5.92 Å². The quantitative estimate of drug-likeness (QED) is 0.600. The number of aromatic hydroxyl groups is 2. The van der Waals surface area contributed by atoms with E-state index in [4.69, 9.17) is 17.3 Å². The van der Waals surface area contributed by atoms with Crippen LogP contribution in [0.5, 0.6) is 11.5 Å². The number of primary amides is 1. The van der Waals surface area contributed by atoms with Crippen LogP contribution < -0.4 is 11.1 Å². The largest absolute Gasteiger partial charge is 0.507 e. The Bertz CT molecular complexity index is 899. The Morgan fingerprint density at radius 2 is 1.96 bits per heavy atom. The summed E-state index contributed by atoms with van der Waals surface area (Å²) >= 11 is 5.85. The molecule has 1 aliphatic heterocycles. The maximum atomic E-state index is 12.8. The third kappa shape index (κ3) is 2.91. The first-order valence-electron chi connectivity index (χ1n) is 8.15. The second-order valence-corrected chi connectivity index (χ2v) is 6.98. The molecule has 0 radical (unpaired) electrons. The Morgan fingerprint density at radius 1 is 1.27 bits per heavy atom. The molecule has 26 heavy (non-hydrogen) atoms. The molecule has 0 aliphatic carbocycles. The van der Waals surface area contributed by atoms with E-state index < -0.39 is 23.1 Å². The van der Waals surface area contributed by atoms with Crippen molar-refractivity contribution in [1.29, 1.82) is 0 Å². The van der Waals surface area contributed by atoms with Crippen LogP contribution in [0.25, 0.3) is 0 Å². The van der Waals surface area contributed by atoms with Crippen LogP contribution in [0.15, 0.2) is 36.4 Å². The SMILES string of the molecule is CC(CC1(C(N)=O)NCc2ccccc21)C(=O)c1cc(Cl)c(O)cc1O. The van der Waals surface area contributed by atoms with E-state index in [2.05, 4.69) is 5.32 Å². The van der Waals surface area contributed by atoms with E-state index in [1.165, 1.54) is 6.07 Å². The summed E-state index contributed by atoms with van der Waals surface area (Å²) in [7, 11) is 0. The number of hydrogen-bond acceptors (Lipinski definition) is 5. The van der Waals surface area contributed by atoms with Gasteiger partial charge in [-0.15, -0.1) is 0 Å². The number of benzene rings is 2. The van der Waals surface area contributed by atoms with Gasteiger partial charge in [0.05, 0.1) is 10.6 Å². The van der Waals surface area contributed by atoms with Crippen molar-refractivity contribution in [2.24, 2.45) is 11.7 Å². The van der Waals surface area contributed by atoms with Gasteiger partial charge in [0.15, 0.2) is 5.78 Å². The number of nitrogens with one attached hydrogen (secondary N) is 1. The van der Waals surface area contributed by atoms with Gasteiger partial charge in [0.2, 0.25) is 5.91 Å². The molecule has 2 aromatic rings. The lowest BCUT2D eigenvalue weighted by Gasteiger charge is -2.30. The molecular weight excluding hydrogens is 356 g/mol. The fourth-order valence-electron chi connectivity index (χ4n) is 3.50. The Morgan fingerprint density at radius 3 is 2.65 bits per heavy atom. The monoisotopic (exact) mass is 374 g/mol. The second kappa shape index (κ2) is 6.63. The summed E-state index contributed by atoms with van der Waals surface area (Å²) in [4.78, 5) is 25.1. The molecular formula is C19H19ClN2O4. The molecule has 6 nitrogen and oxygen atoms in total. The summed E-state index contributed by atoms with van der Waals surface area (Å²) in [6, 6.07) is 9.68. The number of carbonyl (C=O) groups is 2. The van der Waals surface area contributed by atoms with Gasteiger partial charge in [0.25, 0.3) is 0 Å². The third-order valence-electron chi connectivity index (χ3n) is 4.87. The molecule has 1 heterocycles. The first-order chi connectivity index (χ1) is 12.3. The minimum Gasteiger partial charge on any atom is -0.507 e. The highest BCUT2D eigenvalue weighted by Crippen LogP contribution is 2.38. The smallest absolute Gasteiger partial charge is 0.242 e. The van der Waals surface area contributed by atoms with Crippen LogP contribution in [0.2, 0.25) is 5.02 Å². The van der Waals surface area contributed by atoms with Gasteiger partial charge in [-0.05, 0) is 23.6 Å². The number of ketones is 1. The normalized spacial score (nSPS) is 19.8. The summed E-state index contributed by atoms with van der Waals surface area (Å²) in [5.74, 6) is -2.26. The Hall–Kier alpha value is -2.57. The van der Waals surface area contributed by atoms with Crippen LogP contribution in [0.4, 0.5) is 0 Å². The average molecular weight is 375 g/mol. The lowest BCUT2D eigenvalue weighted by molar-refractivity contribution is -0.125. The van der Waals surface area contributed by atoms with Crippen LogP contribution >= 0.6 is 11.6 Å². The van der Waals surface area contributed by atoms with Crippen molar-refractivity contribution < 1.29 is 19.8 Å². The lowest BCUT2D eigenvalue weighted by Crippen LogP contribution is -2.50. The van der Waals surface area contributed by atoms with Crippen molar-refractivity contribution in [3.8, 4) is 11.5 Å². The summed E-state index contributed by atoms with van der Waals surface area (Å²) in [6.45, 7) is 2.14. The second-order valence-electron chi connectivity index (χ2n) is 6.57. The number of Topliss-reactive ketones (excluding diaryl/α,β-unsaturated/α-hetero) is 1. The van der Waals surface area contributed by atoms with E-state index >= 15 is 0 Å². The number of amides is 1. The standard InChI is InChI=1S/C19H19ClN2O4/c1-10(17(25)12-6-14(20)16(24)7-15(12)23)8-19(18(21)26)13-5-3-2-4-11(13)9-22-19/h2-7,10,22-24H,8-9H2,1H3,(H2,21,26). The van der Waals surface area contributed by atoms with E-state index in [1.54, 1.807) is 6.92 Å². The number of phenolic OH excluding ortho intramolecular Hbond substituents is 2. The van der Waals surface area contributed by atoms with Crippen LogP contribution in [-0.4, -0.2) is 21.9 Å². The van der Waals surface area contributed by atoms with Crippen molar-refractivity contribution in [2.75, 3.05) is 0 Å². The van der Waals surface area contributed by atoms with Gasteiger partial charge in [-0.25, -0.2) is 0 Å². The Balaban J connectivity index is 1.93. The number of nitrogens with two attached hydrogens (primary N) is 1. The van der Waals surface area contributed by atoms with Gasteiger partial charge in [0.1, 0.15) is 17.0 Å². The van der Waals surface area contributed by atoms with Crippen molar-refractivity contribution in [3.05, 3.63) is 58.1 Å². The molecule has 7 heteroatoms. The van der Waals surface area contributed by atoms with Gasteiger partial charge in [-0.3, -0.25) is 14.9 Å². The molecule has 2 aromatic carbocycles. The first kappa shape index (κ1) is 18.2. The number of phenols is 2. The van der Waals surface area contributed by atoms with E-state index in [0.29, 0.717) is 6.54 Å². The molecule has 1 aliphatic rings. The molecule has 0 aromatic heterocycles. The molecule has 0 fully saturated rings. The molecule has 136 valence electrons. The number of fused-ring (bicyclic) bond motifs is 1. The van der Waals surface area contributed by atoms with Crippen LogP contribution in [-0.2, 0) is 16.9 Å². The van der Waals surface area contributed by atoms with Gasteiger partial charge in [0, 0.05) is 18.5 Å². The molecule has 0 saturated carbocycles. The number of hydrogen-bond donors (Lipinski definition) is 4. The number of carbonyl (C=O) groups excluding carboxylic acids is 2. The summed E-state index contributed by atoms with van der Waals surface area (Å²) in [5, 5.41) is 22.6. The predicted molar refractivity (Wildman–Crippen MR) is 97.0 cm³/mol. The number of halogens is 1. The molecule has 2 atom stereocenters. The molecule has 1 amide bonds. The fraction of sp³-hybridized carbons (Fsp3) is 0.263. The minimum absolute atomic E-state index is 0.00815. The molecule has 3 rings (SSSR count). The van der Waals surface area contributed by atoms with Crippen molar-refractivity contribution >= 4 is 23.3 Å². The highest BCUT2D eigenvalue weighted by Gasteiger charge is 2.45. The van der Waals surface area contributed by atoms with Crippen molar-refractivity contribution in [3.63, 3.8) is 0 Å². The van der Waals surface area contributed by atoms with Crippen LogP contribution in [0.1, 0.15) is 34.8 Å². The van der Waals surface area contributed by atoms with Crippen molar-refractivity contribution in [2.45, 2.75) is 25.4 Å². The van der Waals surface area contributed by atoms with Gasteiger partial charge < -0.3 is 15.9 Å². The van der Waals surface area contributed by atoms with Gasteiger partial charge in [-0.1, -0.05) is 42.8 Å². The van der Waals surface area contributed by atoms with E-state index in [9.17, 15) is 19.8 Å². The zero-order valence-electron chi connectivity index (χ0n) is 14.1. The topological polar surface area (TPSA) is 113 Å². The fourth-order valence-corrected chi connectivity index (χ4v) is 3.66. The maximum Gasteiger partial charge on any atom is 0.242 e. The lowest BCUT2D eigenvalue weighted by atomic mass is 9.79. The highest BCUT2D eigenvalue weighted by molar-refractivity contribution is 6.32. The predicted octanol–water partition coefficient (Wildman–Crippen LogP) is 2.44. The third-order valence-corrected chi connectivity index (χ3v) is 5.17. The first-order valence-corrected chi connectivity index (χ1v) is 8.53. The maximum absolute atomic E-state index is 12.8.